The molecule has 0 unspecified atom stereocenters. The highest BCUT2D eigenvalue weighted by Gasteiger charge is 1.99. The van der Waals surface area contributed by atoms with E-state index in [-0.39, 0.29) is 18.9 Å². The molecular weight excluding hydrogens is 226 g/mol. The smallest absolute Gasteiger partial charge is 0.305 e. The number of nitrogens with one attached hydrogen (secondary N) is 1. The van der Waals surface area contributed by atoms with Crippen molar-refractivity contribution in [1.82, 2.24) is 5.32 Å². The van der Waals surface area contributed by atoms with E-state index >= 15 is 0 Å². The molecule has 0 spiro atoms. The van der Waals surface area contributed by atoms with E-state index in [0.29, 0.717) is 0 Å². The van der Waals surface area contributed by atoms with E-state index < -0.39 is 5.97 Å². The molecule has 1 rings (SSSR count). The number of hydrogen-bond donors (Lipinski definition) is 2. The summed E-state index contributed by atoms with van der Waals surface area (Å²) in [5.74, 6) is -1.19. The molecule has 1 aromatic rings. The van der Waals surface area contributed by atoms with Gasteiger partial charge in [-0.2, -0.15) is 0 Å². The van der Waals surface area contributed by atoms with Gasteiger partial charge in [-0.25, -0.2) is 0 Å². The molecule has 0 bridgehead atoms. The molecule has 0 aliphatic rings. The second kappa shape index (κ2) is 6.07. The Hall–Kier alpha value is -1.62. The highest BCUT2D eigenvalue weighted by Crippen LogP contribution is 2.16. The standard InChI is InChI=1S/C11H13NO3S/c1-8-5-7-16-9(8)2-3-10(13)12-6-4-11(14)15/h2-3,5,7H,4,6H2,1H3,(H,12,13)(H,14,15)/b3-2+. The summed E-state index contributed by atoms with van der Waals surface area (Å²) in [6, 6.07) is 1.98. The molecule has 2 N–H and O–H groups in total. The van der Waals surface area contributed by atoms with Gasteiger partial charge in [0.05, 0.1) is 6.42 Å². The fraction of sp³-hybridized carbons (Fsp3) is 0.273. The highest BCUT2D eigenvalue weighted by molar-refractivity contribution is 7.11. The molecule has 16 heavy (non-hydrogen) atoms. The van der Waals surface area contributed by atoms with E-state index in [4.69, 9.17) is 5.11 Å². The molecule has 86 valence electrons. The molecule has 1 heterocycles. The van der Waals surface area contributed by atoms with Crippen molar-refractivity contribution < 1.29 is 14.7 Å². The lowest BCUT2D eigenvalue weighted by Gasteiger charge is -1.97. The van der Waals surface area contributed by atoms with Crippen LogP contribution in [0.25, 0.3) is 6.08 Å². The van der Waals surface area contributed by atoms with Crippen LogP contribution < -0.4 is 5.32 Å². The number of carbonyl (C=O) groups is 2. The first-order valence-electron chi connectivity index (χ1n) is 4.81. The van der Waals surface area contributed by atoms with Crippen molar-refractivity contribution in [1.29, 1.82) is 0 Å². The Labute approximate surface area is 97.6 Å². The van der Waals surface area contributed by atoms with Crippen LogP contribution in [0.1, 0.15) is 16.9 Å². The second-order valence-corrected chi connectivity index (χ2v) is 4.18. The Morgan fingerprint density at radius 2 is 2.31 bits per heavy atom. The van der Waals surface area contributed by atoms with E-state index in [1.165, 1.54) is 6.08 Å². The molecule has 0 aliphatic heterocycles. The van der Waals surface area contributed by atoms with Crippen molar-refractivity contribution in [2.24, 2.45) is 0 Å². The normalized spacial score (nSPS) is 10.6. The predicted octanol–water partition coefficient (Wildman–Crippen LogP) is 1.66. The van der Waals surface area contributed by atoms with Crippen molar-refractivity contribution in [3.63, 3.8) is 0 Å². The van der Waals surface area contributed by atoms with Crippen molar-refractivity contribution in [3.05, 3.63) is 28.0 Å². The highest BCUT2D eigenvalue weighted by atomic mass is 32.1. The first kappa shape index (κ1) is 12.4. The molecule has 1 aromatic heterocycles. The SMILES string of the molecule is Cc1ccsc1/C=C/C(=O)NCCC(=O)O. The van der Waals surface area contributed by atoms with E-state index in [9.17, 15) is 9.59 Å². The van der Waals surface area contributed by atoms with E-state index in [0.717, 1.165) is 10.4 Å². The molecule has 4 nitrogen and oxygen atoms in total. The molecular formula is C11H13NO3S. The van der Waals surface area contributed by atoms with Gasteiger partial charge in [0.15, 0.2) is 0 Å². The van der Waals surface area contributed by atoms with E-state index in [1.807, 2.05) is 18.4 Å². The molecule has 5 heteroatoms. The lowest BCUT2D eigenvalue weighted by molar-refractivity contribution is -0.136. The maximum Gasteiger partial charge on any atom is 0.305 e. The molecule has 0 aromatic carbocycles. The van der Waals surface area contributed by atoms with Crippen LogP contribution in [0.2, 0.25) is 0 Å². The Morgan fingerprint density at radius 3 is 2.88 bits per heavy atom. The summed E-state index contributed by atoms with van der Waals surface area (Å²) in [6.07, 6.45) is 3.09. The van der Waals surface area contributed by atoms with Gasteiger partial charge in [-0.15, -0.1) is 11.3 Å². The number of aliphatic carboxylic acids is 1. The maximum atomic E-state index is 11.2. The molecule has 1 amide bonds. The third-order valence-electron chi connectivity index (χ3n) is 1.93. The summed E-state index contributed by atoms with van der Waals surface area (Å²) >= 11 is 1.56. The Kier molecular flexibility index (Phi) is 4.72. The summed E-state index contributed by atoms with van der Waals surface area (Å²) in [4.78, 5) is 22.5. The van der Waals surface area contributed by atoms with Gasteiger partial charge < -0.3 is 10.4 Å². The molecule has 0 fully saturated rings. The number of carbonyl (C=O) groups excluding carboxylic acids is 1. The minimum absolute atomic E-state index is 0.0579. The number of hydrogen-bond acceptors (Lipinski definition) is 3. The maximum absolute atomic E-state index is 11.2. The molecule has 0 saturated carbocycles. The zero-order valence-corrected chi connectivity index (χ0v) is 9.71. The number of aryl methyl sites for hydroxylation is 1. The van der Waals surface area contributed by atoms with E-state index in [1.54, 1.807) is 17.4 Å². The second-order valence-electron chi connectivity index (χ2n) is 3.24. The Morgan fingerprint density at radius 1 is 1.56 bits per heavy atom. The van der Waals surface area contributed by atoms with Crippen molar-refractivity contribution in [2.45, 2.75) is 13.3 Å². The summed E-state index contributed by atoms with van der Waals surface area (Å²) in [5, 5.41) is 12.8. The van der Waals surface area contributed by atoms with Crippen molar-refractivity contribution in [2.75, 3.05) is 6.54 Å². The van der Waals surface area contributed by atoms with Gasteiger partial charge in [0, 0.05) is 17.5 Å². The van der Waals surface area contributed by atoms with Gasteiger partial charge in [0.2, 0.25) is 5.91 Å². The summed E-state index contributed by atoms with van der Waals surface area (Å²) < 4.78 is 0. The lowest BCUT2D eigenvalue weighted by atomic mass is 10.3. The van der Waals surface area contributed by atoms with Gasteiger partial charge in [-0.05, 0) is 30.0 Å². The topological polar surface area (TPSA) is 66.4 Å². The van der Waals surface area contributed by atoms with Gasteiger partial charge >= 0.3 is 5.97 Å². The van der Waals surface area contributed by atoms with Crippen LogP contribution in [0.3, 0.4) is 0 Å². The molecule has 0 aliphatic carbocycles. The summed E-state index contributed by atoms with van der Waals surface area (Å²) in [7, 11) is 0. The zero-order chi connectivity index (χ0) is 12.0. The van der Waals surface area contributed by atoms with Crippen molar-refractivity contribution in [3.8, 4) is 0 Å². The average molecular weight is 239 g/mol. The van der Waals surface area contributed by atoms with E-state index in [2.05, 4.69) is 5.32 Å². The van der Waals surface area contributed by atoms with Crippen LogP contribution in [0.4, 0.5) is 0 Å². The Balaban J connectivity index is 2.37. The van der Waals surface area contributed by atoms with Crippen LogP contribution in [0, 0.1) is 6.92 Å². The van der Waals surface area contributed by atoms with Gasteiger partial charge in [-0.3, -0.25) is 9.59 Å². The quantitative estimate of drug-likeness (QED) is 0.768. The predicted molar refractivity (Wildman–Crippen MR) is 63.4 cm³/mol. The van der Waals surface area contributed by atoms with Gasteiger partial charge in [0.1, 0.15) is 0 Å². The first-order chi connectivity index (χ1) is 7.59. The van der Waals surface area contributed by atoms with Gasteiger partial charge in [0.25, 0.3) is 0 Å². The number of rotatable bonds is 5. The molecule has 0 radical (unpaired) electrons. The fourth-order valence-corrected chi connectivity index (χ4v) is 1.88. The third-order valence-corrected chi connectivity index (χ3v) is 2.91. The van der Waals surface area contributed by atoms with Crippen LogP contribution in [-0.2, 0) is 9.59 Å². The lowest BCUT2D eigenvalue weighted by Crippen LogP contribution is -2.23. The van der Waals surface area contributed by atoms with Crippen LogP contribution in [0.5, 0.6) is 0 Å². The van der Waals surface area contributed by atoms with Gasteiger partial charge in [-0.1, -0.05) is 0 Å². The first-order valence-corrected chi connectivity index (χ1v) is 5.69. The summed E-state index contributed by atoms with van der Waals surface area (Å²) in [6.45, 7) is 2.13. The fourth-order valence-electron chi connectivity index (χ4n) is 1.06. The largest absolute Gasteiger partial charge is 0.481 e. The number of thiophene rings is 1. The third kappa shape index (κ3) is 4.27. The molecule has 0 atom stereocenters. The van der Waals surface area contributed by atoms with Crippen molar-refractivity contribution >= 4 is 29.3 Å². The monoisotopic (exact) mass is 239 g/mol. The van der Waals surface area contributed by atoms with Crippen LogP contribution in [0.15, 0.2) is 17.5 Å². The Bertz CT molecular complexity index is 409. The minimum Gasteiger partial charge on any atom is -0.481 e. The molecule has 0 saturated heterocycles. The summed E-state index contributed by atoms with van der Waals surface area (Å²) in [5.41, 5.74) is 1.12. The van der Waals surface area contributed by atoms with Crippen LogP contribution in [-0.4, -0.2) is 23.5 Å². The zero-order valence-electron chi connectivity index (χ0n) is 8.90. The minimum atomic E-state index is -0.918. The number of carboxylic acid groups (broad SMARTS) is 1. The number of carboxylic acids is 1. The number of amides is 1. The van der Waals surface area contributed by atoms with Crippen LogP contribution >= 0.6 is 11.3 Å². The average Bonchev–Trinajstić information content (AvgIpc) is 2.60.